The second kappa shape index (κ2) is 6.73. The highest BCUT2D eigenvalue weighted by Gasteiger charge is 2.39. The Morgan fingerprint density at radius 2 is 2.09 bits per heavy atom. The Morgan fingerprint density at radius 1 is 1.45 bits per heavy atom. The summed E-state index contributed by atoms with van der Waals surface area (Å²) in [5.74, 6) is 0. The second-order valence-electron chi connectivity index (χ2n) is 5.98. The predicted molar refractivity (Wildman–Crippen MR) is 88.5 cm³/mol. The van der Waals surface area contributed by atoms with Crippen LogP contribution >= 0.6 is 24.0 Å². The number of rotatable bonds is 2. The van der Waals surface area contributed by atoms with Crippen molar-refractivity contribution >= 4 is 34.0 Å². The third kappa shape index (κ3) is 3.55. The Labute approximate surface area is 142 Å². The molecule has 1 aromatic rings. The molecule has 8 heteroatoms. The van der Waals surface area contributed by atoms with Crippen molar-refractivity contribution in [2.24, 2.45) is 11.1 Å². The monoisotopic (exact) mass is 363 g/mol. The van der Waals surface area contributed by atoms with E-state index >= 15 is 0 Å². The van der Waals surface area contributed by atoms with Gasteiger partial charge < -0.3 is 5.73 Å². The van der Waals surface area contributed by atoms with Crippen molar-refractivity contribution in [1.29, 1.82) is 5.26 Å². The van der Waals surface area contributed by atoms with Crippen LogP contribution in [-0.2, 0) is 10.0 Å². The molecule has 1 atom stereocenters. The molecule has 122 valence electrons. The van der Waals surface area contributed by atoms with Gasteiger partial charge in [0.25, 0.3) is 0 Å². The summed E-state index contributed by atoms with van der Waals surface area (Å²) >= 11 is 6.03. The summed E-state index contributed by atoms with van der Waals surface area (Å²) in [6, 6.07) is 6.12. The van der Waals surface area contributed by atoms with Gasteiger partial charge in [-0.2, -0.15) is 9.57 Å². The predicted octanol–water partition coefficient (Wildman–Crippen LogP) is 2.38. The van der Waals surface area contributed by atoms with Gasteiger partial charge in [-0.05, 0) is 30.0 Å². The van der Waals surface area contributed by atoms with E-state index in [4.69, 9.17) is 22.6 Å². The van der Waals surface area contributed by atoms with Crippen LogP contribution in [0.4, 0.5) is 0 Å². The van der Waals surface area contributed by atoms with Crippen LogP contribution in [0.2, 0.25) is 5.02 Å². The number of nitrogens with zero attached hydrogens (tertiary/aromatic N) is 2. The molecule has 0 aromatic heterocycles. The molecule has 0 amide bonds. The summed E-state index contributed by atoms with van der Waals surface area (Å²) < 4.78 is 26.9. The van der Waals surface area contributed by atoms with Crippen LogP contribution in [0.3, 0.4) is 0 Å². The van der Waals surface area contributed by atoms with E-state index in [2.05, 4.69) is 0 Å². The van der Waals surface area contributed by atoms with Gasteiger partial charge in [-0.15, -0.1) is 12.4 Å². The Hall–Kier alpha value is -0.840. The molecule has 0 saturated carbocycles. The zero-order valence-electron chi connectivity index (χ0n) is 12.4. The molecule has 5 nitrogen and oxygen atoms in total. The topological polar surface area (TPSA) is 87.2 Å². The summed E-state index contributed by atoms with van der Waals surface area (Å²) in [6.07, 6.45) is 0.611. The summed E-state index contributed by atoms with van der Waals surface area (Å²) in [5, 5.41) is 8.89. The maximum absolute atomic E-state index is 12.7. The van der Waals surface area contributed by atoms with E-state index in [1.165, 1.54) is 22.5 Å². The number of hydrogen-bond donors (Lipinski definition) is 1. The Balaban J connectivity index is 0.00000242. The molecule has 2 rings (SSSR count). The van der Waals surface area contributed by atoms with Crippen molar-refractivity contribution < 1.29 is 8.42 Å². The molecule has 0 spiro atoms. The van der Waals surface area contributed by atoms with Gasteiger partial charge in [0, 0.05) is 19.1 Å². The molecule has 1 fully saturated rings. The zero-order chi connectivity index (χ0) is 15.8. The van der Waals surface area contributed by atoms with Crippen LogP contribution in [0, 0.1) is 16.7 Å². The van der Waals surface area contributed by atoms with E-state index in [0.717, 1.165) is 0 Å². The largest absolute Gasteiger partial charge is 0.327 e. The fraction of sp³-hybridized carbons (Fsp3) is 0.500. The Bertz CT molecular complexity index is 699. The molecule has 22 heavy (non-hydrogen) atoms. The highest BCUT2D eigenvalue weighted by Crippen LogP contribution is 2.33. The molecule has 1 aromatic carbocycles. The summed E-state index contributed by atoms with van der Waals surface area (Å²) in [5.41, 5.74) is 6.09. The van der Waals surface area contributed by atoms with Crippen LogP contribution in [0.25, 0.3) is 0 Å². The lowest BCUT2D eigenvalue weighted by Gasteiger charge is -2.41. The normalized spacial score (nSPS) is 21.7. The van der Waals surface area contributed by atoms with Gasteiger partial charge in [-0.1, -0.05) is 25.4 Å². The minimum atomic E-state index is -3.68. The first-order chi connectivity index (χ1) is 9.68. The van der Waals surface area contributed by atoms with Gasteiger partial charge in [-0.3, -0.25) is 0 Å². The summed E-state index contributed by atoms with van der Waals surface area (Å²) in [4.78, 5) is 0.0365. The molecule has 1 saturated heterocycles. The fourth-order valence-electron chi connectivity index (χ4n) is 2.45. The van der Waals surface area contributed by atoms with Crippen LogP contribution in [0.15, 0.2) is 23.1 Å². The van der Waals surface area contributed by atoms with Crippen LogP contribution < -0.4 is 5.73 Å². The SMILES string of the molecule is CC1(C)CN(S(=O)(=O)c2ccc(C#N)cc2Cl)CCC1N.Cl. The van der Waals surface area contributed by atoms with Crippen molar-refractivity contribution in [1.82, 2.24) is 4.31 Å². The number of nitriles is 1. The number of halogens is 2. The van der Waals surface area contributed by atoms with E-state index < -0.39 is 10.0 Å². The van der Waals surface area contributed by atoms with Crippen molar-refractivity contribution in [3.05, 3.63) is 28.8 Å². The van der Waals surface area contributed by atoms with Crippen LogP contribution in [-0.4, -0.2) is 31.9 Å². The minimum absolute atomic E-state index is 0. The smallest absolute Gasteiger partial charge is 0.244 e. The highest BCUT2D eigenvalue weighted by atomic mass is 35.5. The molecular weight excluding hydrogens is 345 g/mol. The minimum Gasteiger partial charge on any atom is -0.327 e. The Kier molecular flexibility index (Phi) is 5.88. The lowest BCUT2D eigenvalue weighted by molar-refractivity contribution is 0.155. The third-order valence-electron chi connectivity index (χ3n) is 3.96. The summed E-state index contributed by atoms with van der Waals surface area (Å²) in [7, 11) is -3.68. The first-order valence-corrected chi connectivity index (χ1v) is 8.45. The maximum atomic E-state index is 12.7. The number of benzene rings is 1. The third-order valence-corrected chi connectivity index (χ3v) is 6.28. The van der Waals surface area contributed by atoms with Crippen molar-refractivity contribution in [2.45, 2.75) is 31.2 Å². The fourth-order valence-corrected chi connectivity index (χ4v) is 4.59. The van der Waals surface area contributed by atoms with E-state index in [0.29, 0.717) is 25.1 Å². The average Bonchev–Trinajstić information content (AvgIpc) is 2.41. The van der Waals surface area contributed by atoms with Crippen molar-refractivity contribution in [3.63, 3.8) is 0 Å². The van der Waals surface area contributed by atoms with Crippen molar-refractivity contribution in [2.75, 3.05) is 13.1 Å². The molecule has 1 aliphatic rings. The van der Waals surface area contributed by atoms with E-state index in [-0.39, 0.29) is 33.8 Å². The van der Waals surface area contributed by atoms with Gasteiger partial charge in [0.15, 0.2) is 0 Å². The molecule has 0 bridgehead atoms. The van der Waals surface area contributed by atoms with Crippen molar-refractivity contribution in [3.8, 4) is 6.07 Å². The molecular formula is C14H19Cl2N3O2S. The van der Waals surface area contributed by atoms with Gasteiger partial charge in [0.1, 0.15) is 4.90 Å². The van der Waals surface area contributed by atoms with E-state index in [9.17, 15) is 8.42 Å². The maximum Gasteiger partial charge on any atom is 0.244 e. The highest BCUT2D eigenvalue weighted by molar-refractivity contribution is 7.89. The Morgan fingerprint density at radius 3 is 2.59 bits per heavy atom. The van der Waals surface area contributed by atoms with Crippen LogP contribution in [0.5, 0.6) is 0 Å². The molecule has 2 N–H and O–H groups in total. The van der Waals surface area contributed by atoms with Gasteiger partial charge >= 0.3 is 0 Å². The van der Waals surface area contributed by atoms with Crippen LogP contribution in [0.1, 0.15) is 25.8 Å². The standard InChI is InChI=1S/C14H18ClN3O2S.ClH/c1-14(2)9-18(6-5-13(14)17)21(19,20)12-4-3-10(8-16)7-11(12)15;/h3-4,7,13H,5-6,9,17H2,1-2H3;1H. The second-order valence-corrected chi connectivity index (χ2v) is 8.29. The quantitative estimate of drug-likeness (QED) is 0.873. The first kappa shape index (κ1) is 19.2. The van der Waals surface area contributed by atoms with E-state index in [1.54, 1.807) is 0 Å². The lowest BCUT2D eigenvalue weighted by Crippen LogP contribution is -2.53. The van der Waals surface area contributed by atoms with E-state index in [1.807, 2.05) is 19.9 Å². The molecule has 0 radical (unpaired) electrons. The summed E-state index contributed by atoms with van der Waals surface area (Å²) in [6.45, 7) is 4.65. The molecule has 1 unspecified atom stereocenters. The van der Waals surface area contributed by atoms with Gasteiger partial charge in [0.2, 0.25) is 10.0 Å². The number of sulfonamides is 1. The molecule has 1 heterocycles. The zero-order valence-corrected chi connectivity index (χ0v) is 14.8. The number of piperidine rings is 1. The first-order valence-electron chi connectivity index (χ1n) is 6.64. The van der Waals surface area contributed by atoms with Gasteiger partial charge in [-0.25, -0.2) is 8.42 Å². The lowest BCUT2D eigenvalue weighted by atomic mass is 9.81. The average molecular weight is 364 g/mol. The number of nitrogens with two attached hydrogens (primary N) is 1. The number of hydrogen-bond acceptors (Lipinski definition) is 4. The molecule has 1 aliphatic heterocycles. The van der Waals surface area contributed by atoms with Gasteiger partial charge in [0.05, 0.1) is 16.7 Å². The molecule has 0 aliphatic carbocycles.